The number of carbonyl (C=O) groups is 1. The second-order valence-corrected chi connectivity index (χ2v) is 7.70. The molecule has 1 aliphatic rings. The zero-order valence-corrected chi connectivity index (χ0v) is 16.9. The van der Waals surface area contributed by atoms with E-state index in [2.05, 4.69) is 14.8 Å². The number of benzene rings is 2. The van der Waals surface area contributed by atoms with Crippen molar-refractivity contribution in [2.45, 2.75) is 44.6 Å². The number of hydrogen-bond acceptors (Lipinski definition) is 4. The van der Waals surface area contributed by atoms with Gasteiger partial charge in [0.1, 0.15) is 5.82 Å². The summed E-state index contributed by atoms with van der Waals surface area (Å²) in [5.74, 6) is 0.622. The molecule has 2 aromatic carbocycles. The molecule has 0 unspecified atom stereocenters. The minimum absolute atomic E-state index is 0.308. The highest BCUT2D eigenvalue weighted by Gasteiger charge is 2.21. The van der Waals surface area contributed by atoms with Crippen LogP contribution >= 0.6 is 12.2 Å². The molecular formula is C23H23N3O2S. The average molecular weight is 406 g/mol. The van der Waals surface area contributed by atoms with Gasteiger partial charge in [-0.3, -0.25) is 0 Å². The van der Waals surface area contributed by atoms with Crippen molar-refractivity contribution < 1.29 is 9.90 Å². The van der Waals surface area contributed by atoms with Gasteiger partial charge in [0.05, 0.1) is 11.6 Å². The van der Waals surface area contributed by atoms with Gasteiger partial charge in [-0.2, -0.15) is 5.10 Å². The summed E-state index contributed by atoms with van der Waals surface area (Å²) in [6.07, 6.45) is 6.70. The lowest BCUT2D eigenvalue weighted by Gasteiger charge is -2.23. The molecule has 0 saturated heterocycles. The van der Waals surface area contributed by atoms with Gasteiger partial charge in [-0.15, -0.1) is 0 Å². The molecule has 0 radical (unpaired) electrons. The number of nitrogens with zero attached hydrogens (tertiary/aromatic N) is 3. The molecule has 1 aromatic heterocycles. The largest absolute Gasteiger partial charge is 0.478 e. The Labute approximate surface area is 175 Å². The van der Waals surface area contributed by atoms with E-state index in [4.69, 9.17) is 12.2 Å². The van der Waals surface area contributed by atoms with E-state index < -0.39 is 5.97 Å². The second kappa shape index (κ2) is 8.66. The molecule has 148 valence electrons. The molecule has 1 heterocycles. The number of carboxylic acid groups (broad SMARTS) is 1. The van der Waals surface area contributed by atoms with Crippen LogP contribution in [-0.2, 0) is 6.42 Å². The molecule has 5 nitrogen and oxygen atoms in total. The predicted octanol–water partition coefficient (Wildman–Crippen LogP) is 5.09. The topological polar surface area (TPSA) is 68.0 Å². The van der Waals surface area contributed by atoms with E-state index in [-0.39, 0.29) is 0 Å². The number of aromatic nitrogens is 3. The fourth-order valence-corrected chi connectivity index (χ4v) is 4.17. The number of thiocarbonyl (C=S) groups is 1. The summed E-state index contributed by atoms with van der Waals surface area (Å²) in [5, 5.41) is 15.6. The summed E-state index contributed by atoms with van der Waals surface area (Å²) in [4.78, 5) is 16.1. The van der Waals surface area contributed by atoms with E-state index in [1.165, 1.54) is 24.6 Å². The van der Waals surface area contributed by atoms with Gasteiger partial charge >= 0.3 is 5.97 Å². The monoisotopic (exact) mass is 405 g/mol. The third kappa shape index (κ3) is 4.27. The van der Waals surface area contributed by atoms with Crippen LogP contribution in [0.3, 0.4) is 0 Å². The van der Waals surface area contributed by atoms with E-state index >= 15 is 0 Å². The van der Waals surface area contributed by atoms with Gasteiger partial charge < -0.3 is 5.11 Å². The molecule has 0 amide bonds. The summed E-state index contributed by atoms with van der Waals surface area (Å²) in [6, 6.07) is 15.5. The van der Waals surface area contributed by atoms with Crippen molar-refractivity contribution in [1.29, 1.82) is 0 Å². The zero-order valence-electron chi connectivity index (χ0n) is 16.1. The lowest BCUT2D eigenvalue weighted by Crippen LogP contribution is -2.17. The van der Waals surface area contributed by atoms with Gasteiger partial charge in [-0.25, -0.2) is 14.5 Å². The molecule has 1 N–H and O–H groups in total. The lowest BCUT2D eigenvalue weighted by molar-refractivity contribution is 0.0697. The molecule has 4 rings (SSSR count). The summed E-state index contributed by atoms with van der Waals surface area (Å²) in [5.41, 5.74) is 3.03. The summed E-state index contributed by atoms with van der Waals surface area (Å²) in [6.45, 7) is 0. The summed E-state index contributed by atoms with van der Waals surface area (Å²) >= 11 is 5.05. The van der Waals surface area contributed by atoms with Gasteiger partial charge in [0.2, 0.25) is 0 Å². The Bertz CT molecular complexity index is 1020. The second-order valence-electron chi connectivity index (χ2n) is 7.46. The van der Waals surface area contributed by atoms with E-state index in [0.717, 1.165) is 35.4 Å². The quantitative estimate of drug-likeness (QED) is 0.579. The fraction of sp³-hybridized carbons (Fsp3) is 0.304. The molecule has 29 heavy (non-hydrogen) atoms. The first-order valence-corrected chi connectivity index (χ1v) is 10.4. The molecule has 3 aromatic rings. The first-order chi connectivity index (χ1) is 14.2. The molecule has 0 bridgehead atoms. The Morgan fingerprint density at radius 1 is 1.10 bits per heavy atom. The van der Waals surface area contributed by atoms with E-state index in [1.54, 1.807) is 12.1 Å². The molecular weight excluding hydrogens is 382 g/mol. The Balaban J connectivity index is 1.59. The molecule has 0 aliphatic heterocycles. The van der Waals surface area contributed by atoms with Crippen molar-refractivity contribution in [3.05, 3.63) is 71.3 Å². The normalized spacial score (nSPS) is 14.6. The van der Waals surface area contributed by atoms with E-state index in [1.807, 2.05) is 36.4 Å². The summed E-state index contributed by atoms with van der Waals surface area (Å²) < 4.78 is 2.07. The van der Waals surface area contributed by atoms with Gasteiger partial charge in [-0.1, -0.05) is 73.9 Å². The van der Waals surface area contributed by atoms with Crippen LogP contribution < -0.4 is 0 Å². The van der Waals surface area contributed by atoms with E-state index in [9.17, 15) is 9.90 Å². The van der Waals surface area contributed by atoms with Crippen LogP contribution in [0, 0.1) is 0 Å². The van der Waals surface area contributed by atoms with Crippen molar-refractivity contribution in [1.82, 2.24) is 14.8 Å². The highest BCUT2D eigenvalue weighted by Crippen LogP contribution is 2.29. The number of carboxylic acids is 1. The maximum atomic E-state index is 11.5. The average Bonchev–Trinajstić information content (AvgIpc) is 3.18. The third-order valence-corrected chi connectivity index (χ3v) is 5.74. The molecule has 0 spiro atoms. The zero-order chi connectivity index (χ0) is 20.2. The maximum absolute atomic E-state index is 11.5. The number of hydrogen-bond donors (Lipinski definition) is 1. The molecule has 1 saturated carbocycles. The lowest BCUT2D eigenvalue weighted by atomic mass is 9.95. The van der Waals surface area contributed by atoms with Crippen molar-refractivity contribution in [2.75, 3.05) is 0 Å². The Morgan fingerprint density at radius 2 is 1.83 bits per heavy atom. The van der Waals surface area contributed by atoms with Crippen LogP contribution in [-0.4, -0.2) is 31.2 Å². The fourth-order valence-electron chi connectivity index (χ4n) is 4.07. The summed E-state index contributed by atoms with van der Waals surface area (Å²) in [7, 11) is 0. The van der Waals surface area contributed by atoms with Gasteiger partial charge in [-0.05, 0) is 35.6 Å². The standard InChI is InChI=1S/C23H23N3O2S/c27-23(28)20-9-5-4-8-19(20)17-12-10-16(11-13-17)14-22-24-21(15-29)25-26(22)18-6-2-1-3-7-18/h4-5,8-13,15,18H,1-3,6-7,14H2,(H,27,28). The number of rotatable bonds is 6. The number of aromatic carboxylic acids is 1. The first-order valence-electron chi connectivity index (χ1n) is 9.98. The Kier molecular flexibility index (Phi) is 5.81. The van der Waals surface area contributed by atoms with Gasteiger partial charge in [0, 0.05) is 11.8 Å². The van der Waals surface area contributed by atoms with Crippen LogP contribution in [0.5, 0.6) is 0 Å². The van der Waals surface area contributed by atoms with Gasteiger partial charge in [0.25, 0.3) is 0 Å². The van der Waals surface area contributed by atoms with Crippen LogP contribution in [0.1, 0.15) is 65.7 Å². The minimum atomic E-state index is -0.919. The van der Waals surface area contributed by atoms with Crippen molar-refractivity contribution in [3.8, 4) is 11.1 Å². The van der Waals surface area contributed by atoms with Crippen LogP contribution in [0.15, 0.2) is 48.5 Å². The molecule has 0 atom stereocenters. The predicted molar refractivity (Wildman–Crippen MR) is 117 cm³/mol. The highest BCUT2D eigenvalue weighted by atomic mass is 32.1. The smallest absolute Gasteiger partial charge is 0.336 e. The van der Waals surface area contributed by atoms with Crippen molar-refractivity contribution >= 4 is 23.6 Å². The minimum Gasteiger partial charge on any atom is -0.478 e. The molecule has 1 fully saturated rings. The van der Waals surface area contributed by atoms with Crippen LogP contribution in [0.4, 0.5) is 0 Å². The maximum Gasteiger partial charge on any atom is 0.336 e. The highest BCUT2D eigenvalue weighted by molar-refractivity contribution is 7.79. The van der Waals surface area contributed by atoms with Crippen LogP contribution in [0.25, 0.3) is 11.1 Å². The first kappa shape index (κ1) is 19.5. The Morgan fingerprint density at radius 3 is 2.52 bits per heavy atom. The SMILES string of the molecule is O=C(O)c1ccccc1-c1ccc(Cc2nc(C=S)nn2C2CCCCC2)cc1. The third-order valence-electron chi connectivity index (χ3n) is 5.53. The Hall–Kier alpha value is -2.86. The van der Waals surface area contributed by atoms with E-state index in [0.29, 0.717) is 23.9 Å². The van der Waals surface area contributed by atoms with Gasteiger partial charge in [0.15, 0.2) is 5.82 Å². The van der Waals surface area contributed by atoms with Crippen molar-refractivity contribution in [2.24, 2.45) is 0 Å². The molecule has 1 aliphatic carbocycles. The molecule has 6 heteroatoms. The van der Waals surface area contributed by atoms with Crippen molar-refractivity contribution in [3.63, 3.8) is 0 Å². The van der Waals surface area contributed by atoms with Crippen LogP contribution in [0.2, 0.25) is 0 Å².